The first-order valence-electron chi connectivity index (χ1n) is 5.91. The van der Waals surface area contributed by atoms with Crippen molar-refractivity contribution in [2.24, 2.45) is 11.3 Å². The Morgan fingerprint density at radius 2 is 1.73 bits per heavy atom. The highest BCUT2D eigenvalue weighted by Gasteiger charge is 2.67. The molecule has 1 saturated carbocycles. The van der Waals surface area contributed by atoms with Crippen LogP contribution in [-0.4, -0.2) is 25.2 Å². The Bertz CT molecular complexity index is 272. The molecule has 0 saturated heterocycles. The van der Waals surface area contributed by atoms with Crippen LogP contribution in [0.5, 0.6) is 0 Å². The lowest BCUT2D eigenvalue weighted by molar-refractivity contribution is -0.165. The molecule has 0 radical (unpaired) electrons. The van der Waals surface area contributed by atoms with Crippen LogP contribution >= 0.6 is 0 Å². The average molecular weight is 215 g/mol. The second-order valence-electron chi connectivity index (χ2n) is 3.49. The predicted octanol–water partition coefficient (Wildman–Crippen LogP) is 1.53. The minimum absolute atomic E-state index is 0.211. The lowest BCUT2D eigenvalue weighted by atomic mass is 10.0. The molecule has 1 rings (SSSR count). The maximum Gasteiger partial charge on any atom is 0.323 e. The molecule has 4 heteroatoms. The molecule has 1 aliphatic rings. The van der Waals surface area contributed by atoms with Gasteiger partial charge in [-0.15, -0.1) is 0 Å². The molecule has 0 bridgehead atoms. The molecule has 1 aliphatic carbocycles. The van der Waals surface area contributed by atoms with E-state index in [0.29, 0.717) is 6.42 Å². The average Bonchev–Trinajstić information content (AvgIpc) is 2.85. The van der Waals surface area contributed by atoms with E-state index in [2.05, 4.69) is 0 Å². The predicted molar refractivity (Wildman–Crippen MR) is 54.1 cm³/mol. The van der Waals surface area contributed by atoms with Crippen LogP contribution in [0.2, 0.25) is 0 Å². The SMILES string of the molecule is [2H][C@@H]1[C@H](CC)C1(C(=O)OCC)C(=O)OCC. The number of carbonyl (C=O) groups excluding carboxylic acids is 2. The fourth-order valence-corrected chi connectivity index (χ4v) is 1.73. The van der Waals surface area contributed by atoms with Gasteiger partial charge in [-0.2, -0.15) is 0 Å². The molecule has 0 aromatic rings. The first kappa shape index (κ1) is 10.5. The Balaban J connectivity index is 2.88. The Morgan fingerprint density at radius 3 is 2.00 bits per heavy atom. The second-order valence-corrected chi connectivity index (χ2v) is 3.49. The van der Waals surface area contributed by atoms with Crippen LogP contribution < -0.4 is 0 Å². The summed E-state index contributed by atoms with van der Waals surface area (Å²) in [6.07, 6.45) is -0.123. The van der Waals surface area contributed by atoms with Crippen LogP contribution in [0.15, 0.2) is 0 Å². The van der Waals surface area contributed by atoms with Gasteiger partial charge in [0.25, 0.3) is 0 Å². The lowest BCUT2D eigenvalue weighted by Crippen LogP contribution is -2.31. The molecule has 0 aromatic carbocycles. The van der Waals surface area contributed by atoms with Crippen molar-refractivity contribution in [3.05, 3.63) is 0 Å². The Kier molecular flexibility index (Phi) is 3.23. The summed E-state index contributed by atoms with van der Waals surface area (Å²) in [4.78, 5) is 23.6. The van der Waals surface area contributed by atoms with E-state index >= 15 is 0 Å². The van der Waals surface area contributed by atoms with Gasteiger partial charge < -0.3 is 9.47 Å². The molecule has 2 atom stereocenters. The van der Waals surface area contributed by atoms with Crippen LogP contribution in [0, 0.1) is 11.3 Å². The Morgan fingerprint density at radius 1 is 1.27 bits per heavy atom. The van der Waals surface area contributed by atoms with E-state index in [1.807, 2.05) is 6.92 Å². The van der Waals surface area contributed by atoms with E-state index < -0.39 is 23.8 Å². The molecular formula is C11H18O4. The highest BCUT2D eigenvalue weighted by atomic mass is 16.6. The van der Waals surface area contributed by atoms with E-state index in [4.69, 9.17) is 10.8 Å². The molecule has 0 spiro atoms. The zero-order chi connectivity index (χ0) is 12.3. The number of esters is 2. The molecule has 1 fully saturated rings. The van der Waals surface area contributed by atoms with Crippen LogP contribution in [0.1, 0.15) is 35.0 Å². The lowest BCUT2D eigenvalue weighted by Gasteiger charge is -2.13. The van der Waals surface area contributed by atoms with E-state index in [-0.39, 0.29) is 19.1 Å². The van der Waals surface area contributed by atoms with Gasteiger partial charge in [-0.3, -0.25) is 9.59 Å². The molecule has 0 unspecified atom stereocenters. The summed E-state index contributed by atoms with van der Waals surface area (Å²) < 4.78 is 17.5. The monoisotopic (exact) mass is 215 g/mol. The number of hydrogen-bond acceptors (Lipinski definition) is 4. The minimum Gasteiger partial charge on any atom is -0.465 e. The zero-order valence-electron chi connectivity index (χ0n) is 10.4. The van der Waals surface area contributed by atoms with Gasteiger partial charge in [0.05, 0.1) is 13.2 Å². The molecule has 0 amide bonds. The molecule has 0 aliphatic heterocycles. The number of ether oxygens (including phenoxy) is 2. The van der Waals surface area contributed by atoms with Crippen molar-refractivity contribution >= 4 is 11.9 Å². The van der Waals surface area contributed by atoms with Crippen LogP contribution in [0.4, 0.5) is 0 Å². The standard InChI is InChI=1S/C11H18O4/c1-4-8-7-11(8,9(12)14-5-2)10(13)15-6-3/h8H,4-7H2,1-3H3/t8-/m0/s1/i7D/t7-,8+/m1. The van der Waals surface area contributed by atoms with E-state index in [9.17, 15) is 9.59 Å². The number of rotatable bonds is 5. The maximum atomic E-state index is 11.8. The smallest absolute Gasteiger partial charge is 0.323 e. The summed E-state index contributed by atoms with van der Waals surface area (Å²) in [7, 11) is 0. The van der Waals surface area contributed by atoms with Crippen LogP contribution in [-0.2, 0) is 19.1 Å². The van der Waals surface area contributed by atoms with Gasteiger partial charge >= 0.3 is 11.9 Å². The third-order valence-electron chi connectivity index (χ3n) is 2.61. The van der Waals surface area contributed by atoms with Crippen molar-refractivity contribution in [2.45, 2.75) is 33.6 Å². The van der Waals surface area contributed by atoms with Gasteiger partial charge in [0.15, 0.2) is 5.41 Å². The molecule has 15 heavy (non-hydrogen) atoms. The van der Waals surface area contributed by atoms with Crippen molar-refractivity contribution in [1.82, 2.24) is 0 Å². The summed E-state index contributed by atoms with van der Waals surface area (Å²) >= 11 is 0. The normalized spacial score (nSPS) is 27.8. The fourth-order valence-electron chi connectivity index (χ4n) is 1.73. The zero-order valence-corrected chi connectivity index (χ0v) is 9.41. The quantitative estimate of drug-likeness (QED) is 0.515. The Labute approximate surface area is 91.3 Å². The van der Waals surface area contributed by atoms with Crippen molar-refractivity contribution in [1.29, 1.82) is 0 Å². The number of hydrogen-bond donors (Lipinski definition) is 0. The van der Waals surface area contributed by atoms with Gasteiger partial charge in [-0.1, -0.05) is 13.3 Å². The maximum absolute atomic E-state index is 11.8. The first-order chi connectivity index (χ1) is 7.57. The summed E-state index contributed by atoms with van der Waals surface area (Å²) in [5, 5.41) is 0. The Hall–Kier alpha value is -1.06. The van der Waals surface area contributed by atoms with E-state index in [0.717, 1.165) is 0 Å². The summed E-state index contributed by atoms with van der Waals surface area (Å²) in [6.45, 7) is 5.64. The summed E-state index contributed by atoms with van der Waals surface area (Å²) in [5.74, 6) is -1.49. The number of carbonyl (C=O) groups is 2. The van der Waals surface area contributed by atoms with Crippen LogP contribution in [0.3, 0.4) is 0 Å². The van der Waals surface area contributed by atoms with E-state index in [1.54, 1.807) is 13.8 Å². The summed E-state index contributed by atoms with van der Waals surface area (Å²) in [6, 6.07) is 0. The third kappa shape index (κ3) is 1.98. The van der Waals surface area contributed by atoms with Gasteiger partial charge in [0, 0.05) is 1.37 Å². The van der Waals surface area contributed by atoms with Crippen molar-refractivity contribution in [2.75, 3.05) is 13.2 Å². The van der Waals surface area contributed by atoms with Gasteiger partial charge in [0.1, 0.15) is 0 Å². The van der Waals surface area contributed by atoms with Crippen LogP contribution in [0.25, 0.3) is 0 Å². The topological polar surface area (TPSA) is 52.6 Å². The van der Waals surface area contributed by atoms with Crippen molar-refractivity contribution in [3.8, 4) is 0 Å². The third-order valence-corrected chi connectivity index (χ3v) is 2.61. The van der Waals surface area contributed by atoms with E-state index in [1.165, 1.54) is 0 Å². The molecule has 0 aromatic heterocycles. The molecule has 0 heterocycles. The molecular weight excluding hydrogens is 196 g/mol. The highest BCUT2D eigenvalue weighted by Crippen LogP contribution is 2.56. The summed E-state index contributed by atoms with van der Waals surface area (Å²) in [5.41, 5.74) is -1.36. The van der Waals surface area contributed by atoms with Gasteiger partial charge in [-0.25, -0.2) is 0 Å². The minimum atomic E-state index is -1.36. The molecule has 4 nitrogen and oxygen atoms in total. The molecule has 86 valence electrons. The largest absolute Gasteiger partial charge is 0.465 e. The second kappa shape index (κ2) is 4.64. The highest BCUT2D eigenvalue weighted by molar-refractivity contribution is 6.03. The fraction of sp³-hybridized carbons (Fsp3) is 0.818. The van der Waals surface area contributed by atoms with Gasteiger partial charge in [0.2, 0.25) is 0 Å². The molecule has 0 N–H and O–H groups in total. The van der Waals surface area contributed by atoms with Crippen molar-refractivity contribution in [3.63, 3.8) is 0 Å². The van der Waals surface area contributed by atoms with Crippen molar-refractivity contribution < 1.29 is 20.4 Å². The van der Waals surface area contributed by atoms with Gasteiger partial charge in [-0.05, 0) is 26.2 Å². The first-order valence-corrected chi connectivity index (χ1v) is 5.33.